The van der Waals surface area contributed by atoms with E-state index in [1.165, 1.54) is 178 Å². The van der Waals surface area contributed by atoms with Gasteiger partial charge in [-0.05, 0) is 88.2 Å². The Labute approximate surface area is 416 Å². The van der Waals surface area contributed by atoms with Crippen molar-refractivity contribution in [2.45, 2.75) is 291 Å². The molecule has 0 saturated heterocycles. The molecule has 0 fully saturated rings. The Morgan fingerprint density at radius 3 is 1.09 bits per heavy atom. The summed E-state index contributed by atoms with van der Waals surface area (Å²) in [6.07, 6.45) is 43.3. The van der Waals surface area contributed by atoms with Gasteiger partial charge in [-0.3, -0.25) is 19.7 Å². The Balaban J connectivity index is 2.55. The molecule has 394 valence electrons. The number of ether oxygens (including phenoxy) is 4. The van der Waals surface area contributed by atoms with E-state index in [4.69, 9.17) is 18.9 Å². The SMILES string of the molecule is CCCCCCCCC(CCCCCCCC)CC(=O)OCCCCCCC(CCCCCCOC(=O)CC(CCCCCCCC)CCCCCCCC)OC(=O)Oc1ccc([N+](=O)[O-])cc1. The Morgan fingerprint density at radius 1 is 0.441 bits per heavy atom. The first-order valence-electron chi connectivity index (χ1n) is 28.7. The normalized spacial score (nSPS) is 11.5. The number of hydrogen-bond acceptors (Lipinski definition) is 9. The van der Waals surface area contributed by atoms with Crippen molar-refractivity contribution < 1.29 is 38.3 Å². The summed E-state index contributed by atoms with van der Waals surface area (Å²) in [5, 5.41) is 11.1. The summed E-state index contributed by atoms with van der Waals surface area (Å²) in [6.45, 7) is 9.88. The third-order valence-electron chi connectivity index (χ3n) is 13.7. The number of rotatable bonds is 49. The molecule has 1 rings (SSSR count). The summed E-state index contributed by atoms with van der Waals surface area (Å²) in [7, 11) is 0. The highest BCUT2D eigenvalue weighted by Crippen LogP contribution is 2.26. The van der Waals surface area contributed by atoms with Crippen LogP contribution < -0.4 is 4.74 Å². The van der Waals surface area contributed by atoms with E-state index >= 15 is 0 Å². The number of esters is 2. The van der Waals surface area contributed by atoms with Crippen LogP contribution in [0.2, 0.25) is 0 Å². The molecule has 0 unspecified atom stereocenters. The first-order valence-corrected chi connectivity index (χ1v) is 28.7. The first kappa shape index (κ1) is 62.8. The van der Waals surface area contributed by atoms with Gasteiger partial charge in [-0.15, -0.1) is 0 Å². The standard InChI is InChI=1S/C58H103NO9/c1-5-9-13-17-21-29-37-51(38-30-22-18-14-10-6-2)49-56(60)65-47-35-27-25-33-41-54(67-58(62)68-55-45-43-53(44-46-55)59(63)64)42-34-26-28-36-48-66-57(61)50-52(39-31-23-19-15-11-7-3)40-32-24-20-16-12-8-4/h43-46,51-52,54H,5-42,47-50H2,1-4H3. The van der Waals surface area contributed by atoms with Gasteiger partial charge in [-0.2, -0.15) is 0 Å². The van der Waals surface area contributed by atoms with Crippen LogP contribution in [0.25, 0.3) is 0 Å². The molecule has 0 aliphatic carbocycles. The Kier molecular flexibility index (Phi) is 42.7. The lowest BCUT2D eigenvalue weighted by atomic mass is 9.91. The number of nitro groups is 1. The quantitative estimate of drug-likeness (QED) is 0.0156. The number of hydrogen-bond donors (Lipinski definition) is 0. The van der Waals surface area contributed by atoms with Crippen LogP contribution in [-0.4, -0.2) is 42.3 Å². The van der Waals surface area contributed by atoms with Crippen molar-refractivity contribution in [3.05, 3.63) is 34.4 Å². The average molecular weight is 958 g/mol. The fourth-order valence-corrected chi connectivity index (χ4v) is 9.32. The molecular weight excluding hydrogens is 855 g/mol. The second-order valence-electron chi connectivity index (χ2n) is 20.1. The molecule has 0 heterocycles. The zero-order valence-electron chi connectivity index (χ0n) is 44.4. The number of carbonyl (C=O) groups excluding carboxylic acids is 3. The monoisotopic (exact) mass is 958 g/mol. The van der Waals surface area contributed by atoms with Crippen molar-refractivity contribution in [3.8, 4) is 5.75 Å². The third-order valence-corrected chi connectivity index (χ3v) is 13.7. The smallest absolute Gasteiger partial charge is 0.466 e. The second-order valence-corrected chi connectivity index (χ2v) is 20.1. The van der Waals surface area contributed by atoms with Crippen LogP contribution in [0.3, 0.4) is 0 Å². The van der Waals surface area contributed by atoms with Crippen molar-refractivity contribution >= 4 is 23.8 Å². The Hall–Kier alpha value is -3.17. The molecule has 0 N–H and O–H groups in total. The molecule has 1 aromatic rings. The molecule has 0 spiro atoms. The highest BCUT2D eigenvalue weighted by atomic mass is 16.7. The van der Waals surface area contributed by atoms with Gasteiger partial charge in [0.05, 0.1) is 18.1 Å². The Bertz CT molecular complexity index is 1240. The maximum absolute atomic E-state index is 12.9. The van der Waals surface area contributed by atoms with Crippen LogP contribution in [0.5, 0.6) is 5.75 Å². The maximum Gasteiger partial charge on any atom is 0.514 e. The van der Waals surface area contributed by atoms with E-state index in [1.54, 1.807) is 0 Å². The second kappa shape index (κ2) is 46.2. The first-order chi connectivity index (χ1) is 33.2. The van der Waals surface area contributed by atoms with Crippen LogP contribution in [0.15, 0.2) is 24.3 Å². The molecule has 0 saturated carbocycles. The van der Waals surface area contributed by atoms with Crippen molar-refractivity contribution in [1.29, 1.82) is 0 Å². The van der Waals surface area contributed by atoms with Gasteiger partial charge in [-0.25, -0.2) is 4.79 Å². The summed E-state index contributed by atoms with van der Waals surface area (Å²) >= 11 is 0. The van der Waals surface area contributed by atoms with Crippen molar-refractivity contribution in [2.75, 3.05) is 13.2 Å². The van der Waals surface area contributed by atoms with Crippen LogP contribution in [0.1, 0.15) is 285 Å². The van der Waals surface area contributed by atoms with E-state index in [0.29, 0.717) is 50.7 Å². The largest absolute Gasteiger partial charge is 0.514 e. The van der Waals surface area contributed by atoms with E-state index in [1.807, 2.05) is 0 Å². The third kappa shape index (κ3) is 38.7. The van der Waals surface area contributed by atoms with Gasteiger partial charge in [0.1, 0.15) is 11.9 Å². The maximum atomic E-state index is 12.9. The average Bonchev–Trinajstić information content (AvgIpc) is 3.32. The van der Waals surface area contributed by atoms with Gasteiger partial charge in [0.25, 0.3) is 5.69 Å². The van der Waals surface area contributed by atoms with Gasteiger partial charge in [-0.1, -0.05) is 207 Å². The molecule has 0 aliphatic rings. The van der Waals surface area contributed by atoms with Gasteiger partial charge < -0.3 is 18.9 Å². The fourth-order valence-electron chi connectivity index (χ4n) is 9.32. The lowest BCUT2D eigenvalue weighted by molar-refractivity contribution is -0.384. The number of nitro benzene ring substituents is 1. The molecule has 0 amide bonds. The van der Waals surface area contributed by atoms with Crippen LogP contribution in [-0.2, 0) is 23.8 Å². The molecule has 10 nitrogen and oxygen atoms in total. The molecule has 0 atom stereocenters. The summed E-state index contributed by atoms with van der Waals surface area (Å²) in [5.74, 6) is 0.912. The van der Waals surface area contributed by atoms with Gasteiger partial charge in [0, 0.05) is 25.0 Å². The summed E-state index contributed by atoms with van der Waals surface area (Å²) in [6, 6.07) is 5.38. The van der Waals surface area contributed by atoms with Crippen LogP contribution in [0.4, 0.5) is 10.5 Å². The number of nitrogens with zero attached hydrogens (tertiary/aromatic N) is 1. The zero-order chi connectivity index (χ0) is 49.6. The highest BCUT2D eigenvalue weighted by Gasteiger charge is 2.19. The van der Waals surface area contributed by atoms with Gasteiger partial charge in [0.15, 0.2) is 0 Å². The predicted octanol–water partition coefficient (Wildman–Crippen LogP) is 18.5. The molecular formula is C58H103NO9. The van der Waals surface area contributed by atoms with Crippen LogP contribution in [0, 0.1) is 22.0 Å². The summed E-state index contributed by atoms with van der Waals surface area (Å²) in [4.78, 5) is 49.2. The zero-order valence-corrected chi connectivity index (χ0v) is 44.4. The number of unbranched alkanes of at least 4 members (excludes halogenated alkanes) is 26. The van der Waals surface area contributed by atoms with Crippen molar-refractivity contribution in [3.63, 3.8) is 0 Å². The minimum atomic E-state index is -0.819. The number of non-ortho nitro benzene ring substituents is 1. The summed E-state index contributed by atoms with van der Waals surface area (Å²) in [5.41, 5.74) is -0.0829. The van der Waals surface area contributed by atoms with Crippen molar-refractivity contribution in [2.24, 2.45) is 11.8 Å². The lowest BCUT2D eigenvalue weighted by Gasteiger charge is -2.18. The van der Waals surface area contributed by atoms with Crippen LogP contribution >= 0.6 is 0 Å². The molecule has 0 bridgehead atoms. The van der Waals surface area contributed by atoms with E-state index in [2.05, 4.69) is 27.7 Å². The number of carbonyl (C=O) groups is 3. The minimum Gasteiger partial charge on any atom is -0.466 e. The van der Waals surface area contributed by atoms with Gasteiger partial charge in [0.2, 0.25) is 0 Å². The minimum absolute atomic E-state index is 0.0589. The molecule has 0 aliphatic heterocycles. The topological polar surface area (TPSA) is 131 Å². The Morgan fingerprint density at radius 2 is 0.750 bits per heavy atom. The van der Waals surface area contributed by atoms with E-state index < -0.39 is 11.1 Å². The van der Waals surface area contributed by atoms with Gasteiger partial charge >= 0.3 is 18.1 Å². The number of benzene rings is 1. The molecule has 0 radical (unpaired) electrons. The molecule has 1 aromatic carbocycles. The molecule has 68 heavy (non-hydrogen) atoms. The van der Waals surface area contributed by atoms with E-state index in [-0.39, 0.29) is 29.5 Å². The van der Waals surface area contributed by atoms with Crippen molar-refractivity contribution in [1.82, 2.24) is 0 Å². The molecule has 0 aromatic heterocycles. The van der Waals surface area contributed by atoms with E-state index in [9.17, 15) is 24.5 Å². The fraction of sp³-hybridized carbons (Fsp3) is 0.845. The highest BCUT2D eigenvalue weighted by molar-refractivity contribution is 5.70. The summed E-state index contributed by atoms with van der Waals surface area (Å²) < 4.78 is 22.7. The predicted molar refractivity (Wildman–Crippen MR) is 280 cm³/mol. The molecule has 10 heteroatoms. The van der Waals surface area contributed by atoms with E-state index in [0.717, 1.165) is 77.0 Å². The lowest BCUT2D eigenvalue weighted by Crippen LogP contribution is -2.21.